The Kier molecular flexibility index (Phi) is 8.10. The van der Waals surface area contributed by atoms with E-state index in [1.165, 1.54) is 43.7 Å². The number of fused-ring (bicyclic) bond motifs is 1. The SMILES string of the molecule is NC1CCC(NCCc2cn(CC3CCCCC3)c3ccc(-c4ccccc4OC(F)(F)F)cc23)CC1. The second-order valence-electron chi connectivity index (χ2n) is 10.9. The molecule has 5 rings (SSSR count). The van der Waals surface area contributed by atoms with E-state index in [1.54, 1.807) is 18.2 Å². The first-order valence-electron chi connectivity index (χ1n) is 13.8. The Morgan fingerprint density at radius 3 is 2.46 bits per heavy atom. The molecule has 1 heterocycles. The highest BCUT2D eigenvalue weighted by molar-refractivity contribution is 5.89. The summed E-state index contributed by atoms with van der Waals surface area (Å²) in [6.07, 6.45) is 9.25. The van der Waals surface area contributed by atoms with Gasteiger partial charge in [0.2, 0.25) is 0 Å². The van der Waals surface area contributed by atoms with Crippen LogP contribution in [0.25, 0.3) is 22.0 Å². The van der Waals surface area contributed by atoms with E-state index in [9.17, 15) is 13.2 Å². The van der Waals surface area contributed by atoms with Crippen LogP contribution in [0.1, 0.15) is 63.4 Å². The Morgan fingerprint density at radius 2 is 1.70 bits per heavy atom. The second-order valence-corrected chi connectivity index (χ2v) is 10.9. The first-order valence-corrected chi connectivity index (χ1v) is 13.8. The summed E-state index contributed by atoms with van der Waals surface area (Å²) in [6, 6.07) is 13.3. The number of ether oxygens (including phenoxy) is 1. The molecule has 0 aliphatic heterocycles. The van der Waals surface area contributed by atoms with Gasteiger partial charge in [-0.25, -0.2) is 0 Å². The molecule has 0 unspecified atom stereocenters. The largest absolute Gasteiger partial charge is 0.573 e. The third-order valence-corrected chi connectivity index (χ3v) is 8.17. The lowest BCUT2D eigenvalue weighted by molar-refractivity contribution is -0.274. The molecule has 0 amide bonds. The predicted molar refractivity (Wildman–Crippen MR) is 143 cm³/mol. The minimum atomic E-state index is -4.73. The molecule has 0 spiro atoms. The maximum absolute atomic E-state index is 13.1. The van der Waals surface area contributed by atoms with Crippen LogP contribution >= 0.6 is 0 Å². The number of nitrogens with two attached hydrogens (primary N) is 1. The van der Waals surface area contributed by atoms with E-state index < -0.39 is 6.36 Å². The van der Waals surface area contributed by atoms with Gasteiger partial charge in [-0.15, -0.1) is 13.2 Å². The van der Waals surface area contributed by atoms with E-state index in [4.69, 9.17) is 5.73 Å². The van der Waals surface area contributed by atoms with Gasteiger partial charge in [-0.3, -0.25) is 0 Å². The third-order valence-electron chi connectivity index (χ3n) is 8.17. The van der Waals surface area contributed by atoms with Crippen molar-refractivity contribution in [1.82, 2.24) is 9.88 Å². The molecule has 37 heavy (non-hydrogen) atoms. The van der Waals surface area contributed by atoms with Crippen LogP contribution in [0.4, 0.5) is 13.2 Å². The lowest BCUT2D eigenvalue weighted by atomic mass is 9.89. The number of rotatable bonds is 8. The quantitative estimate of drug-likeness (QED) is 0.335. The summed E-state index contributed by atoms with van der Waals surface area (Å²) in [5.41, 5.74) is 9.64. The molecule has 3 aromatic rings. The Morgan fingerprint density at radius 1 is 0.946 bits per heavy atom. The summed E-state index contributed by atoms with van der Waals surface area (Å²) >= 11 is 0. The van der Waals surface area contributed by atoms with E-state index in [-0.39, 0.29) is 5.75 Å². The van der Waals surface area contributed by atoms with E-state index >= 15 is 0 Å². The van der Waals surface area contributed by atoms with Crippen LogP contribution in [0.15, 0.2) is 48.7 Å². The van der Waals surface area contributed by atoms with Gasteiger partial charge in [0.25, 0.3) is 0 Å². The summed E-state index contributed by atoms with van der Waals surface area (Å²) in [5, 5.41) is 4.83. The first-order chi connectivity index (χ1) is 17.9. The molecule has 2 fully saturated rings. The monoisotopic (exact) mass is 513 g/mol. The number of benzene rings is 2. The molecule has 0 saturated heterocycles. The number of hydrogen-bond donors (Lipinski definition) is 2. The highest BCUT2D eigenvalue weighted by Gasteiger charge is 2.32. The highest BCUT2D eigenvalue weighted by Crippen LogP contribution is 2.37. The van der Waals surface area contributed by atoms with Crippen molar-refractivity contribution in [2.75, 3.05) is 6.54 Å². The number of para-hydroxylation sites is 1. The smallest absolute Gasteiger partial charge is 0.405 e. The molecule has 0 radical (unpaired) electrons. The van der Waals surface area contributed by atoms with Gasteiger partial charge >= 0.3 is 6.36 Å². The van der Waals surface area contributed by atoms with Crippen molar-refractivity contribution in [3.05, 3.63) is 54.2 Å². The highest BCUT2D eigenvalue weighted by atomic mass is 19.4. The molecule has 2 saturated carbocycles. The van der Waals surface area contributed by atoms with Crippen LogP contribution in [-0.2, 0) is 13.0 Å². The lowest BCUT2D eigenvalue weighted by Gasteiger charge is -2.26. The topological polar surface area (TPSA) is 52.2 Å². The molecule has 2 aromatic carbocycles. The van der Waals surface area contributed by atoms with E-state index in [2.05, 4.69) is 26.9 Å². The molecule has 3 N–H and O–H groups in total. The Balaban J connectivity index is 1.42. The van der Waals surface area contributed by atoms with Gasteiger partial charge in [-0.05, 0) is 86.7 Å². The summed E-state index contributed by atoms with van der Waals surface area (Å²) in [7, 11) is 0. The van der Waals surface area contributed by atoms with Crippen molar-refractivity contribution in [3.8, 4) is 16.9 Å². The standard InChI is InChI=1S/C30H38F3N3O/c31-30(32,33)37-29-9-5-4-8-26(29)22-10-15-28-27(18-22)23(16-17-35-25-13-11-24(34)12-14-25)20-36(28)19-21-6-2-1-3-7-21/h4-5,8-10,15,18,20-21,24-25,35H,1-3,6-7,11-14,16-17,19,34H2. The maximum Gasteiger partial charge on any atom is 0.573 e. The fraction of sp³-hybridized carbons (Fsp3) is 0.533. The zero-order chi connectivity index (χ0) is 25.8. The fourth-order valence-electron chi connectivity index (χ4n) is 6.19. The summed E-state index contributed by atoms with van der Waals surface area (Å²) in [5.74, 6) is 0.511. The minimum Gasteiger partial charge on any atom is -0.405 e. The van der Waals surface area contributed by atoms with Crippen LogP contribution in [-0.4, -0.2) is 29.6 Å². The predicted octanol–water partition coefficient (Wildman–Crippen LogP) is 7.19. The van der Waals surface area contributed by atoms with Crippen molar-refractivity contribution in [1.29, 1.82) is 0 Å². The number of hydrogen-bond acceptors (Lipinski definition) is 3. The van der Waals surface area contributed by atoms with Crippen molar-refractivity contribution < 1.29 is 17.9 Å². The first kappa shape index (κ1) is 26.1. The average molecular weight is 514 g/mol. The lowest BCUT2D eigenvalue weighted by Crippen LogP contribution is -2.38. The van der Waals surface area contributed by atoms with Gasteiger partial charge in [-0.2, -0.15) is 0 Å². The average Bonchev–Trinajstić information content (AvgIpc) is 3.21. The molecule has 2 aliphatic rings. The third kappa shape index (κ3) is 6.68. The van der Waals surface area contributed by atoms with Gasteiger partial charge in [0.1, 0.15) is 5.75 Å². The van der Waals surface area contributed by atoms with Crippen LogP contribution < -0.4 is 15.8 Å². The van der Waals surface area contributed by atoms with Crippen LogP contribution in [0.2, 0.25) is 0 Å². The van der Waals surface area contributed by atoms with Gasteiger partial charge in [0, 0.05) is 41.3 Å². The van der Waals surface area contributed by atoms with E-state index in [0.717, 1.165) is 61.7 Å². The van der Waals surface area contributed by atoms with Crippen LogP contribution in [0, 0.1) is 5.92 Å². The Hall–Kier alpha value is -2.51. The molecule has 1 aromatic heterocycles. The number of nitrogens with one attached hydrogen (secondary N) is 1. The van der Waals surface area contributed by atoms with Gasteiger partial charge in [-0.1, -0.05) is 43.5 Å². The molecular weight excluding hydrogens is 475 g/mol. The molecule has 4 nitrogen and oxygen atoms in total. The number of nitrogens with zero attached hydrogens (tertiary/aromatic N) is 1. The fourth-order valence-corrected chi connectivity index (χ4v) is 6.19. The summed E-state index contributed by atoms with van der Waals surface area (Å²) in [4.78, 5) is 0. The van der Waals surface area contributed by atoms with Crippen LogP contribution in [0.5, 0.6) is 5.75 Å². The summed E-state index contributed by atoms with van der Waals surface area (Å²) < 4.78 is 45.9. The molecule has 0 atom stereocenters. The number of alkyl halides is 3. The molecule has 7 heteroatoms. The maximum atomic E-state index is 13.1. The summed E-state index contributed by atoms with van der Waals surface area (Å²) in [6.45, 7) is 1.87. The van der Waals surface area contributed by atoms with Crippen molar-refractivity contribution in [2.45, 2.75) is 89.2 Å². The zero-order valence-corrected chi connectivity index (χ0v) is 21.4. The van der Waals surface area contributed by atoms with Crippen molar-refractivity contribution in [2.24, 2.45) is 11.7 Å². The van der Waals surface area contributed by atoms with Crippen molar-refractivity contribution >= 4 is 10.9 Å². The van der Waals surface area contributed by atoms with E-state index in [1.807, 2.05) is 12.1 Å². The van der Waals surface area contributed by atoms with Crippen molar-refractivity contribution in [3.63, 3.8) is 0 Å². The molecular formula is C30H38F3N3O. The number of aromatic nitrogens is 1. The number of halogens is 3. The van der Waals surface area contributed by atoms with Gasteiger partial charge in [0.15, 0.2) is 0 Å². The molecule has 2 aliphatic carbocycles. The Labute approximate surface area is 217 Å². The minimum absolute atomic E-state index is 0.172. The second kappa shape index (κ2) is 11.5. The Bertz CT molecular complexity index is 1170. The van der Waals surface area contributed by atoms with E-state index in [0.29, 0.717) is 23.6 Å². The van der Waals surface area contributed by atoms with Gasteiger partial charge in [0.05, 0.1) is 0 Å². The normalized spacial score (nSPS) is 21.4. The van der Waals surface area contributed by atoms with Crippen LogP contribution in [0.3, 0.4) is 0 Å². The molecule has 0 bridgehead atoms. The molecule has 200 valence electrons. The van der Waals surface area contributed by atoms with Gasteiger partial charge < -0.3 is 20.4 Å². The zero-order valence-electron chi connectivity index (χ0n) is 21.4.